The number of primary sulfonamides is 1. The number of hydrogen-bond donors (Lipinski definition) is 2. The van der Waals surface area contributed by atoms with E-state index in [4.69, 9.17) is 5.14 Å². The molecule has 9 heteroatoms. The fourth-order valence-corrected chi connectivity index (χ4v) is 5.92. The van der Waals surface area contributed by atoms with Crippen LogP contribution in [0.25, 0.3) is 0 Å². The van der Waals surface area contributed by atoms with E-state index in [1.807, 2.05) is 25.1 Å². The summed E-state index contributed by atoms with van der Waals surface area (Å²) >= 11 is 0. The van der Waals surface area contributed by atoms with Crippen LogP contribution < -0.4 is 14.8 Å². The van der Waals surface area contributed by atoms with E-state index in [1.165, 1.54) is 18.6 Å². The molecule has 158 valence electrons. The Kier molecular flexibility index (Phi) is 5.93. The van der Waals surface area contributed by atoms with Crippen LogP contribution >= 0.6 is 0 Å². The number of piperidine rings is 1. The zero-order chi connectivity index (χ0) is 21.4. The third-order valence-electron chi connectivity index (χ3n) is 5.38. The number of benzene rings is 2. The van der Waals surface area contributed by atoms with E-state index in [-0.39, 0.29) is 9.79 Å². The zero-order valence-electron chi connectivity index (χ0n) is 16.9. The van der Waals surface area contributed by atoms with Gasteiger partial charge >= 0.3 is 0 Å². The monoisotopic (exact) mass is 437 g/mol. The van der Waals surface area contributed by atoms with Gasteiger partial charge in [0, 0.05) is 13.1 Å². The van der Waals surface area contributed by atoms with Crippen molar-refractivity contribution in [3.63, 3.8) is 0 Å². The first-order valence-electron chi connectivity index (χ1n) is 9.52. The number of anilines is 2. The summed E-state index contributed by atoms with van der Waals surface area (Å²) in [4.78, 5) is 2.16. The van der Waals surface area contributed by atoms with Gasteiger partial charge in [0.2, 0.25) is 10.0 Å². The second-order valence-electron chi connectivity index (χ2n) is 7.53. The maximum Gasteiger partial charge on any atom is 0.262 e. The first-order chi connectivity index (χ1) is 13.5. The molecule has 3 N–H and O–H groups in total. The van der Waals surface area contributed by atoms with E-state index in [0.29, 0.717) is 16.8 Å². The maximum absolute atomic E-state index is 13.2. The second kappa shape index (κ2) is 7.97. The molecule has 0 aromatic heterocycles. The van der Waals surface area contributed by atoms with Crippen LogP contribution in [0.5, 0.6) is 0 Å². The molecule has 2 aromatic carbocycles. The topological polar surface area (TPSA) is 110 Å². The number of nitrogens with zero attached hydrogens (tertiary/aromatic N) is 1. The van der Waals surface area contributed by atoms with Crippen molar-refractivity contribution in [2.45, 2.75) is 49.8 Å². The van der Waals surface area contributed by atoms with Crippen molar-refractivity contribution in [3.05, 3.63) is 47.0 Å². The van der Waals surface area contributed by atoms with Gasteiger partial charge in [-0.2, -0.15) is 0 Å². The largest absolute Gasteiger partial charge is 0.370 e. The predicted octanol–water partition coefficient (Wildman–Crippen LogP) is 3.05. The Morgan fingerprint density at radius 1 is 0.862 bits per heavy atom. The van der Waals surface area contributed by atoms with Crippen LogP contribution in [0.15, 0.2) is 40.1 Å². The average Bonchev–Trinajstić information content (AvgIpc) is 2.63. The molecule has 0 saturated carbocycles. The van der Waals surface area contributed by atoms with Gasteiger partial charge in [0.25, 0.3) is 10.0 Å². The number of sulfonamides is 2. The van der Waals surface area contributed by atoms with E-state index < -0.39 is 20.0 Å². The molecule has 2 aromatic rings. The van der Waals surface area contributed by atoms with Gasteiger partial charge in [0.1, 0.15) is 0 Å². The normalized spacial score (nSPS) is 15.4. The molecule has 0 amide bonds. The summed E-state index contributed by atoms with van der Waals surface area (Å²) in [6.45, 7) is 6.83. The Hall–Kier alpha value is -2.10. The predicted molar refractivity (Wildman–Crippen MR) is 115 cm³/mol. The van der Waals surface area contributed by atoms with Crippen LogP contribution in [0.3, 0.4) is 0 Å². The van der Waals surface area contributed by atoms with Crippen LogP contribution in [-0.4, -0.2) is 29.9 Å². The highest BCUT2D eigenvalue weighted by Crippen LogP contribution is 2.32. The molecule has 0 atom stereocenters. The molecular weight excluding hydrogens is 410 g/mol. The van der Waals surface area contributed by atoms with Crippen LogP contribution in [0.4, 0.5) is 11.4 Å². The van der Waals surface area contributed by atoms with Gasteiger partial charge in [0.15, 0.2) is 0 Å². The molecule has 1 saturated heterocycles. The van der Waals surface area contributed by atoms with Crippen LogP contribution in [0.1, 0.15) is 36.0 Å². The van der Waals surface area contributed by atoms with E-state index in [0.717, 1.165) is 37.2 Å². The molecule has 0 radical (unpaired) electrons. The Bertz CT molecular complexity index is 1140. The molecule has 3 rings (SSSR count). The molecule has 1 aliphatic heterocycles. The van der Waals surface area contributed by atoms with E-state index in [1.54, 1.807) is 13.8 Å². The van der Waals surface area contributed by atoms with Crippen LogP contribution in [0.2, 0.25) is 0 Å². The summed E-state index contributed by atoms with van der Waals surface area (Å²) in [7, 11) is -7.84. The summed E-state index contributed by atoms with van der Waals surface area (Å²) < 4.78 is 52.5. The highest BCUT2D eigenvalue weighted by Gasteiger charge is 2.24. The molecule has 0 unspecified atom stereocenters. The molecule has 29 heavy (non-hydrogen) atoms. The maximum atomic E-state index is 13.2. The highest BCUT2D eigenvalue weighted by molar-refractivity contribution is 7.92. The lowest BCUT2D eigenvalue weighted by atomic mass is 10.1. The molecular formula is C20H27N3O4S2. The highest BCUT2D eigenvalue weighted by atomic mass is 32.2. The molecule has 1 aliphatic rings. The lowest BCUT2D eigenvalue weighted by Crippen LogP contribution is -2.30. The SMILES string of the molecule is Cc1ccc(N2CCCCC2)c(NS(=O)(=O)c2ccc(S(N)(=O)=O)c(C)c2C)c1. The Morgan fingerprint density at radius 3 is 2.07 bits per heavy atom. The Morgan fingerprint density at radius 2 is 1.45 bits per heavy atom. The van der Waals surface area contributed by atoms with Gasteiger partial charge in [-0.15, -0.1) is 0 Å². The molecule has 0 bridgehead atoms. The summed E-state index contributed by atoms with van der Waals surface area (Å²) in [6, 6.07) is 8.27. The fraction of sp³-hybridized carbons (Fsp3) is 0.400. The van der Waals surface area contributed by atoms with E-state index >= 15 is 0 Å². The summed E-state index contributed by atoms with van der Waals surface area (Å²) in [5.74, 6) is 0. The van der Waals surface area contributed by atoms with Crippen molar-refractivity contribution < 1.29 is 16.8 Å². The molecule has 1 heterocycles. The van der Waals surface area contributed by atoms with Gasteiger partial charge in [-0.3, -0.25) is 4.72 Å². The molecule has 0 spiro atoms. The van der Waals surface area contributed by atoms with Gasteiger partial charge in [0.05, 0.1) is 21.2 Å². The van der Waals surface area contributed by atoms with Gasteiger partial charge in [-0.25, -0.2) is 22.0 Å². The Labute approximate surface area is 173 Å². The van der Waals surface area contributed by atoms with Crippen molar-refractivity contribution in [1.29, 1.82) is 0 Å². The van der Waals surface area contributed by atoms with Crippen molar-refractivity contribution in [1.82, 2.24) is 0 Å². The van der Waals surface area contributed by atoms with Crippen molar-refractivity contribution in [2.75, 3.05) is 22.7 Å². The van der Waals surface area contributed by atoms with Crippen molar-refractivity contribution in [2.24, 2.45) is 5.14 Å². The molecule has 7 nitrogen and oxygen atoms in total. The second-order valence-corrected chi connectivity index (χ2v) is 10.7. The minimum absolute atomic E-state index is 0.0356. The van der Waals surface area contributed by atoms with E-state index in [9.17, 15) is 16.8 Å². The van der Waals surface area contributed by atoms with Gasteiger partial charge in [-0.1, -0.05) is 6.07 Å². The summed E-state index contributed by atoms with van der Waals surface area (Å²) in [5.41, 5.74) is 3.02. The van der Waals surface area contributed by atoms with Gasteiger partial charge in [-0.05, 0) is 81.0 Å². The fourth-order valence-electron chi connectivity index (χ4n) is 3.71. The third-order valence-corrected chi connectivity index (χ3v) is 7.94. The minimum atomic E-state index is -3.93. The number of aryl methyl sites for hydroxylation is 1. The molecule has 1 fully saturated rings. The van der Waals surface area contributed by atoms with E-state index in [2.05, 4.69) is 9.62 Å². The van der Waals surface area contributed by atoms with Crippen molar-refractivity contribution >= 4 is 31.4 Å². The third kappa shape index (κ3) is 4.57. The first-order valence-corrected chi connectivity index (χ1v) is 12.5. The number of nitrogens with one attached hydrogen (secondary N) is 1. The minimum Gasteiger partial charge on any atom is -0.370 e. The number of hydrogen-bond acceptors (Lipinski definition) is 5. The average molecular weight is 438 g/mol. The zero-order valence-corrected chi connectivity index (χ0v) is 18.5. The van der Waals surface area contributed by atoms with Crippen molar-refractivity contribution in [3.8, 4) is 0 Å². The standard InChI is InChI=1S/C20H27N3O4S2/c1-14-7-8-18(23-11-5-4-6-12-23)17(13-14)22-29(26,27)20-10-9-19(28(21,24)25)15(2)16(20)3/h7-10,13,22H,4-6,11-12H2,1-3H3,(H2,21,24,25). The van der Waals surface area contributed by atoms with Crippen LogP contribution in [0, 0.1) is 20.8 Å². The Balaban J connectivity index is 2.03. The lowest BCUT2D eigenvalue weighted by Gasteiger charge is -2.31. The molecule has 0 aliphatic carbocycles. The quantitative estimate of drug-likeness (QED) is 0.747. The lowest BCUT2D eigenvalue weighted by molar-refractivity contribution is 0.578. The smallest absolute Gasteiger partial charge is 0.262 e. The number of rotatable bonds is 5. The number of nitrogens with two attached hydrogens (primary N) is 1. The van der Waals surface area contributed by atoms with Gasteiger partial charge < -0.3 is 4.90 Å². The summed E-state index contributed by atoms with van der Waals surface area (Å²) in [5, 5.41) is 5.23. The summed E-state index contributed by atoms with van der Waals surface area (Å²) in [6.07, 6.45) is 3.33. The van der Waals surface area contributed by atoms with Crippen LogP contribution in [-0.2, 0) is 20.0 Å². The first kappa shape index (κ1) is 21.6.